The predicted molar refractivity (Wildman–Crippen MR) is 61.1 cm³/mol. The van der Waals surface area contributed by atoms with Gasteiger partial charge in [0.15, 0.2) is 11.5 Å². The summed E-state index contributed by atoms with van der Waals surface area (Å²) >= 11 is 3.26. The molecule has 0 saturated heterocycles. The molecule has 0 aromatic heterocycles. The van der Waals surface area contributed by atoms with Gasteiger partial charge in [-0.15, -0.1) is 0 Å². The summed E-state index contributed by atoms with van der Waals surface area (Å²) in [7, 11) is 1.49. The van der Waals surface area contributed by atoms with Crippen molar-refractivity contribution in [2.45, 2.75) is 12.5 Å². The van der Waals surface area contributed by atoms with Gasteiger partial charge in [-0.05, 0) is 34.0 Å². The lowest BCUT2D eigenvalue weighted by atomic mass is 10.1. The molecule has 1 aromatic rings. The summed E-state index contributed by atoms with van der Waals surface area (Å²) in [4.78, 5) is 0. The molecule has 0 aliphatic rings. The molecule has 0 amide bonds. The molecule has 0 radical (unpaired) electrons. The smallest absolute Gasteiger partial charge is 0.172 e. The van der Waals surface area contributed by atoms with Gasteiger partial charge in [0.25, 0.3) is 0 Å². The number of nitrogens with two attached hydrogens (primary N) is 1. The van der Waals surface area contributed by atoms with Crippen molar-refractivity contribution in [2.75, 3.05) is 13.7 Å². The van der Waals surface area contributed by atoms with Crippen LogP contribution in [0.3, 0.4) is 0 Å². The molecule has 5 heteroatoms. The maximum atomic E-state index is 9.69. The Morgan fingerprint density at radius 1 is 1.53 bits per heavy atom. The van der Waals surface area contributed by atoms with Gasteiger partial charge in [0.1, 0.15) is 0 Å². The van der Waals surface area contributed by atoms with E-state index < -0.39 is 0 Å². The molecule has 0 saturated carbocycles. The van der Waals surface area contributed by atoms with Crippen LogP contribution in [0.4, 0.5) is 0 Å². The van der Waals surface area contributed by atoms with Crippen molar-refractivity contribution in [2.24, 2.45) is 5.73 Å². The van der Waals surface area contributed by atoms with Crippen LogP contribution in [0, 0.1) is 0 Å². The minimum atomic E-state index is -0.325. The molecule has 4 N–H and O–H groups in total. The lowest BCUT2D eigenvalue weighted by molar-refractivity contribution is 0.265. The number of benzene rings is 1. The average Bonchev–Trinajstić information content (AvgIpc) is 2.25. The van der Waals surface area contributed by atoms with E-state index in [1.54, 1.807) is 12.1 Å². The van der Waals surface area contributed by atoms with E-state index in [4.69, 9.17) is 15.6 Å². The zero-order valence-electron chi connectivity index (χ0n) is 8.40. The van der Waals surface area contributed by atoms with Crippen molar-refractivity contribution in [3.63, 3.8) is 0 Å². The summed E-state index contributed by atoms with van der Waals surface area (Å²) in [5, 5.41) is 18.5. The zero-order chi connectivity index (χ0) is 11.4. The van der Waals surface area contributed by atoms with E-state index in [-0.39, 0.29) is 18.4 Å². The minimum absolute atomic E-state index is 0.0557. The summed E-state index contributed by atoms with van der Waals surface area (Å²) in [5.74, 6) is 0.461. The van der Waals surface area contributed by atoms with Gasteiger partial charge in [0, 0.05) is 6.04 Å². The van der Waals surface area contributed by atoms with Crippen LogP contribution in [0.1, 0.15) is 5.56 Å². The highest BCUT2D eigenvalue weighted by Gasteiger charge is 2.12. The zero-order valence-corrected chi connectivity index (χ0v) is 9.99. The Morgan fingerprint density at radius 3 is 2.73 bits per heavy atom. The quantitative estimate of drug-likeness (QED) is 0.767. The Bertz CT molecular complexity index is 344. The molecule has 0 aliphatic carbocycles. The maximum absolute atomic E-state index is 9.69. The van der Waals surface area contributed by atoms with E-state index in [0.717, 1.165) is 5.56 Å². The van der Waals surface area contributed by atoms with Crippen molar-refractivity contribution in [3.8, 4) is 11.5 Å². The maximum Gasteiger partial charge on any atom is 0.172 e. The van der Waals surface area contributed by atoms with Crippen molar-refractivity contribution in [3.05, 3.63) is 22.2 Å². The number of methoxy groups -OCH3 is 1. The van der Waals surface area contributed by atoms with Crippen LogP contribution in [0.25, 0.3) is 0 Å². The van der Waals surface area contributed by atoms with Crippen LogP contribution in [-0.2, 0) is 6.42 Å². The number of aliphatic hydroxyl groups is 1. The first-order valence-electron chi connectivity index (χ1n) is 4.51. The molecule has 15 heavy (non-hydrogen) atoms. The molecular formula is C10H14BrNO3. The first kappa shape index (κ1) is 12.3. The first-order chi connectivity index (χ1) is 7.10. The number of aromatic hydroxyl groups is 1. The van der Waals surface area contributed by atoms with Crippen LogP contribution in [-0.4, -0.2) is 30.0 Å². The van der Waals surface area contributed by atoms with Gasteiger partial charge < -0.3 is 20.7 Å². The van der Waals surface area contributed by atoms with Crippen molar-refractivity contribution in [1.82, 2.24) is 0 Å². The SMILES string of the molecule is COc1ccc(CC(N)CO)c(Br)c1O. The molecule has 0 fully saturated rings. The predicted octanol–water partition coefficient (Wildman–Crippen LogP) is 1.03. The fraction of sp³-hybridized carbons (Fsp3) is 0.400. The minimum Gasteiger partial charge on any atom is -0.503 e. The third-order valence-corrected chi connectivity index (χ3v) is 2.98. The van der Waals surface area contributed by atoms with Crippen molar-refractivity contribution < 1.29 is 14.9 Å². The number of rotatable bonds is 4. The van der Waals surface area contributed by atoms with Gasteiger partial charge in [-0.3, -0.25) is 0 Å². The van der Waals surface area contributed by atoms with Gasteiger partial charge >= 0.3 is 0 Å². The summed E-state index contributed by atoms with van der Waals surface area (Å²) in [5.41, 5.74) is 6.45. The standard InChI is InChI=1S/C10H14BrNO3/c1-15-8-3-2-6(4-7(12)5-13)9(11)10(8)14/h2-3,7,13-14H,4-5,12H2,1H3. The fourth-order valence-electron chi connectivity index (χ4n) is 1.26. The van der Waals surface area contributed by atoms with Gasteiger partial charge in [-0.25, -0.2) is 0 Å². The van der Waals surface area contributed by atoms with E-state index in [0.29, 0.717) is 16.6 Å². The topological polar surface area (TPSA) is 75.7 Å². The van der Waals surface area contributed by atoms with Crippen LogP contribution in [0.2, 0.25) is 0 Å². The van der Waals surface area contributed by atoms with Crippen LogP contribution < -0.4 is 10.5 Å². The van der Waals surface area contributed by atoms with Gasteiger partial charge in [-0.1, -0.05) is 6.07 Å². The van der Waals surface area contributed by atoms with E-state index in [9.17, 15) is 5.11 Å². The molecule has 1 aromatic carbocycles. The Morgan fingerprint density at radius 2 is 2.20 bits per heavy atom. The summed E-state index contributed by atoms with van der Waals surface area (Å²) in [6, 6.07) is 3.15. The number of phenols is 1. The number of halogens is 1. The molecule has 0 aliphatic heterocycles. The molecule has 0 heterocycles. The molecule has 1 atom stereocenters. The van der Waals surface area contributed by atoms with Crippen LogP contribution in [0.5, 0.6) is 11.5 Å². The highest BCUT2D eigenvalue weighted by molar-refractivity contribution is 9.10. The molecule has 4 nitrogen and oxygen atoms in total. The number of hydrogen-bond acceptors (Lipinski definition) is 4. The molecule has 1 rings (SSSR count). The number of hydrogen-bond donors (Lipinski definition) is 3. The second-order valence-electron chi connectivity index (χ2n) is 3.24. The summed E-state index contributed by atoms with van der Waals surface area (Å²) in [6.45, 7) is -0.0841. The largest absolute Gasteiger partial charge is 0.503 e. The van der Waals surface area contributed by atoms with Gasteiger partial charge in [-0.2, -0.15) is 0 Å². The second-order valence-corrected chi connectivity index (χ2v) is 4.03. The number of aliphatic hydroxyl groups excluding tert-OH is 1. The third-order valence-electron chi connectivity index (χ3n) is 2.10. The number of ether oxygens (including phenoxy) is 1. The van der Waals surface area contributed by atoms with Gasteiger partial charge in [0.05, 0.1) is 18.2 Å². The summed E-state index contributed by atoms with van der Waals surface area (Å²) < 4.78 is 5.51. The van der Waals surface area contributed by atoms with Crippen LogP contribution >= 0.6 is 15.9 Å². The van der Waals surface area contributed by atoms with E-state index >= 15 is 0 Å². The van der Waals surface area contributed by atoms with E-state index in [2.05, 4.69) is 15.9 Å². The molecule has 1 unspecified atom stereocenters. The highest BCUT2D eigenvalue weighted by atomic mass is 79.9. The highest BCUT2D eigenvalue weighted by Crippen LogP contribution is 2.36. The van der Waals surface area contributed by atoms with Gasteiger partial charge in [0.2, 0.25) is 0 Å². The normalized spacial score (nSPS) is 12.5. The van der Waals surface area contributed by atoms with Crippen LogP contribution in [0.15, 0.2) is 16.6 Å². The molecular weight excluding hydrogens is 262 g/mol. The summed E-state index contributed by atoms with van der Waals surface area (Å²) in [6.07, 6.45) is 0.495. The fourth-order valence-corrected chi connectivity index (χ4v) is 1.75. The van der Waals surface area contributed by atoms with E-state index in [1.807, 2.05) is 0 Å². The molecule has 0 bridgehead atoms. The van der Waals surface area contributed by atoms with Crippen molar-refractivity contribution in [1.29, 1.82) is 0 Å². The van der Waals surface area contributed by atoms with Crippen molar-refractivity contribution >= 4 is 15.9 Å². The van der Waals surface area contributed by atoms with E-state index in [1.165, 1.54) is 7.11 Å². The Hall–Kier alpha value is -0.780. The monoisotopic (exact) mass is 275 g/mol. The average molecular weight is 276 g/mol. The second kappa shape index (κ2) is 5.34. The number of phenolic OH excluding ortho intramolecular Hbond substituents is 1. The molecule has 0 spiro atoms. The third kappa shape index (κ3) is 2.84. The first-order valence-corrected chi connectivity index (χ1v) is 5.30. The Labute approximate surface area is 96.8 Å². The Kier molecular flexibility index (Phi) is 4.38. The molecule has 84 valence electrons. The lowest BCUT2D eigenvalue weighted by Crippen LogP contribution is -2.26. The lowest BCUT2D eigenvalue weighted by Gasteiger charge is -2.12. The Balaban J connectivity index is 2.96.